The number of methoxy groups -OCH3 is 1. The number of nitrogens with zero attached hydrogens (tertiary/aromatic N) is 3. The van der Waals surface area contributed by atoms with E-state index in [9.17, 15) is 9.59 Å². The van der Waals surface area contributed by atoms with Crippen LogP contribution in [0.25, 0.3) is 0 Å². The molecule has 0 aromatic carbocycles. The molecule has 2 heterocycles. The van der Waals surface area contributed by atoms with Gasteiger partial charge >= 0.3 is 0 Å². The van der Waals surface area contributed by atoms with Crippen molar-refractivity contribution in [3.63, 3.8) is 0 Å². The van der Waals surface area contributed by atoms with Gasteiger partial charge in [-0.15, -0.1) is 0 Å². The normalized spacial score (nSPS) is 17.8. The summed E-state index contributed by atoms with van der Waals surface area (Å²) in [6, 6.07) is -0.101. The number of aromatic nitrogens is 2. The fraction of sp³-hybridized carbons (Fsp3) is 0.643. The molecule has 0 saturated carbocycles. The molecular formula is C14H22N4O3. The van der Waals surface area contributed by atoms with Gasteiger partial charge in [0.15, 0.2) is 0 Å². The highest BCUT2D eigenvalue weighted by Gasteiger charge is 2.30. The van der Waals surface area contributed by atoms with Gasteiger partial charge in [-0.05, 0) is 20.8 Å². The van der Waals surface area contributed by atoms with Gasteiger partial charge in [0.05, 0.1) is 6.04 Å². The fourth-order valence-electron chi connectivity index (χ4n) is 2.48. The molecule has 1 atom stereocenters. The molecule has 1 aliphatic rings. The van der Waals surface area contributed by atoms with Crippen molar-refractivity contribution in [3.05, 3.63) is 17.7 Å². The van der Waals surface area contributed by atoms with Crippen LogP contribution in [-0.4, -0.2) is 52.6 Å². The molecule has 0 unspecified atom stereocenters. The van der Waals surface area contributed by atoms with Gasteiger partial charge in [0.25, 0.3) is 5.91 Å². The molecule has 7 heteroatoms. The molecule has 0 fully saturated rings. The van der Waals surface area contributed by atoms with Crippen molar-refractivity contribution < 1.29 is 14.3 Å². The van der Waals surface area contributed by atoms with Gasteiger partial charge in [-0.25, -0.2) is 4.98 Å². The number of ether oxygens (including phenoxy) is 1. The maximum Gasteiger partial charge on any atom is 0.271 e. The van der Waals surface area contributed by atoms with Crippen LogP contribution in [0, 0.1) is 0 Å². The van der Waals surface area contributed by atoms with Crippen molar-refractivity contribution in [2.24, 2.45) is 0 Å². The van der Waals surface area contributed by atoms with E-state index >= 15 is 0 Å². The van der Waals surface area contributed by atoms with E-state index in [1.54, 1.807) is 11.1 Å². The van der Waals surface area contributed by atoms with Crippen LogP contribution in [0.2, 0.25) is 0 Å². The predicted molar refractivity (Wildman–Crippen MR) is 76.8 cm³/mol. The van der Waals surface area contributed by atoms with Crippen LogP contribution < -0.4 is 5.32 Å². The average Bonchev–Trinajstić information content (AvgIpc) is 2.83. The number of fused-ring (bicyclic) bond motifs is 1. The number of nitrogens with one attached hydrogen (secondary N) is 1. The first kappa shape index (κ1) is 15.5. The number of amides is 2. The van der Waals surface area contributed by atoms with Crippen LogP contribution in [-0.2, 0) is 16.1 Å². The van der Waals surface area contributed by atoms with E-state index in [0.717, 1.165) is 5.82 Å². The van der Waals surface area contributed by atoms with Gasteiger partial charge < -0.3 is 19.5 Å². The Morgan fingerprint density at radius 2 is 2.19 bits per heavy atom. The van der Waals surface area contributed by atoms with Crippen LogP contribution >= 0.6 is 0 Å². The van der Waals surface area contributed by atoms with Gasteiger partial charge in [0, 0.05) is 32.4 Å². The third-order valence-corrected chi connectivity index (χ3v) is 3.47. The molecule has 1 aromatic rings. The van der Waals surface area contributed by atoms with E-state index < -0.39 is 0 Å². The molecule has 116 valence electrons. The Morgan fingerprint density at radius 3 is 2.81 bits per heavy atom. The molecule has 1 aliphatic heterocycles. The van der Waals surface area contributed by atoms with Crippen molar-refractivity contribution in [1.82, 2.24) is 19.8 Å². The van der Waals surface area contributed by atoms with E-state index in [2.05, 4.69) is 10.3 Å². The molecule has 21 heavy (non-hydrogen) atoms. The van der Waals surface area contributed by atoms with Crippen molar-refractivity contribution in [1.29, 1.82) is 0 Å². The predicted octanol–water partition coefficient (Wildman–Crippen LogP) is 0.571. The summed E-state index contributed by atoms with van der Waals surface area (Å²) in [5, 5.41) is 2.82. The standard InChI is InChI=1S/C14H22N4O3/c1-9(2)15-14(20)11-7-17-5-6-18(12(19)8-21-4)10(3)13(17)16-11/h7,9-10H,5-6,8H2,1-4H3,(H,15,20)/t10-/m0/s1. The Bertz CT molecular complexity index is 538. The molecular weight excluding hydrogens is 272 g/mol. The summed E-state index contributed by atoms with van der Waals surface area (Å²) in [5.41, 5.74) is 0.395. The highest BCUT2D eigenvalue weighted by molar-refractivity contribution is 5.92. The average molecular weight is 294 g/mol. The van der Waals surface area contributed by atoms with Crippen molar-refractivity contribution in [2.45, 2.75) is 39.4 Å². The smallest absolute Gasteiger partial charge is 0.271 e. The number of hydrogen-bond donors (Lipinski definition) is 1. The second-order valence-corrected chi connectivity index (χ2v) is 5.50. The zero-order chi connectivity index (χ0) is 15.6. The zero-order valence-electron chi connectivity index (χ0n) is 12.9. The topological polar surface area (TPSA) is 76.5 Å². The van der Waals surface area contributed by atoms with Gasteiger partial charge in [-0.3, -0.25) is 9.59 Å². The van der Waals surface area contributed by atoms with Crippen LogP contribution in [0.1, 0.15) is 43.1 Å². The Balaban J connectivity index is 2.18. The SMILES string of the molecule is COCC(=O)N1CCn2cc(C(=O)NC(C)C)nc2[C@@H]1C. The molecule has 7 nitrogen and oxygen atoms in total. The molecule has 2 rings (SSSR count). The molecule has 2 amide bonds. The van der Waals surface area contributed by atoms with E-state index in [-0.39, 0.29) is 30.5 Å². The maximum atomic E-state index is 12.0. The molecule has 0 saturated heterocycles. The van der Waals surface area contributed by atoms with E-state index in [1.165, 1.54) is 7.11 Å². The highest BCUT2D eigenvalue weighted by atomic mass is 16.5. The van der Waals surface area contributed by atoms with E-state index in [4.69, 9.17) is 4.74 Å². The van der Waals surface area contributed by atoms with Crippen molar-refractivity contribution in [2.75, 3.05) is 20.3 Å². The van der Waals surface area contributed by atoms with Gasteiger partial charge in [-0.1, -0.05) is 0 Å². The van der Waals surface area contributed by atoms with Crippen LogP contribution in [0.3, 0.4) is 0 Å². The lowest BCUT2D eigenvalue weighted by molar-refractivity contribution is -0.138. The Labute approximate surface area is 124 Å². The molecule has 0 radical (unpaired) electrons. The van der Waals surface area contributed by atoms with Crippen molar-refractivity contribution in [3.8, 4) is 0 Å². The Morgan fingerprint density at radius 1 is 1.48 bits per heavy atom. The minimum Gasteiger partial charge on any atom is -0.375 e. The minimum absolute atomic E-state index is 0.0613. The summed E-state index contributed by atoms with van der Waals surface area (Å²) in [4.78, 5) is 30.1. The van der Waals surface area contributed by atoms with E-state index in [1.807, 2.05) is 25.3 Å². The summed E-state index contributed by atoms with van der Waals surface area (Å²) in [7, 11) is 1.50. The van der Waals surface area contributed by atoms with Crippen LogP contribution in [0.15, 0.2) is 6.20 Å². The molecule has 1 N–H and O–H groups in total. The lowest BCUT2D eigenvalue weighted by Crippen LogP contribution is -2.42. The van der Waals surface area contributed by atoms with Crippen LogP contribution in [0.4, 0.5) is 0 Å². The lowest BCUT2D eigenvalue weighted by atomic mass is 10.2. The molecule has 0 bridgehead atoms. The molecule has 0 spiro atoms. The Hall–Kier alpha value is -1.89. The number of rotatable bonds is 4. The number of hydrogen-bond acceptors (Lipinski definition) is 4. The summed E-state index contributed by atoms with van der Waals surface area (Å²) in [6.45, 7) is 7.01. The number of carbonyl (C=O) groups is 2. The van der Waals surface area contributed by atoms with Crippen molar-refractivity contribution >= 4 is 11.8 Å². The third kappa shape index (κ3) is 3.24. The summed E-state index contributed by atoms with van der Waals surface area (Å²) < 4.78 is 6.84. The third-order valence-electron chi connectivity index (χ3n) is 3.47. The monoisotopic (exact) mass is 294 g/mol. The van der Waals surface area contributed by atoms with Gasteiger partial charge in [0.1, 0.15) is 18.1 Å². The van der Waals surface area contributed by atoms with Gasteiger partial charge in [0.2, 0.25) is 5.91 Å². The minimum atomic E-state index is -0.186. The van der Waals surface area contributed by atoms with Crippen LogP contribution in [0.5, 0.6) is 0 Å². The molecule has 0 aliphatic carbocycles. The summed E-state index contributed by atoms with van der Waals surface area (Å²) in [5.74, 6) is 0.487. The fourth-order valence-corrected chi connectivity index (χ4v) is 2.48. The number of carbonyl (C=O) groups excluding carboxylic acids is 2. The second-order valence-electron chi connectivity index (χ2n) is 5.50. The summed E-state index contributed by atoms with van der Waals surface area (Å²) >= 11 is 0. The van der Waals surface area contributed by atoms with Gasteiger partial charge in [-0.2, -0.15) is 0 Å². The summed E-state index contributed by atoms with van der Waals surface area (Å²) in [6.07, 6.45) is 1.75. The molecule has 1 aromatic heterocycles. The number of imidazole rings is 1. The highest BCUT2D eigenvalue weighted by Crippen LogP contribution is 2.24. The first-order valence-electron chi connectivity index (χ1n) is 7.10. The quantitative estimate of drug-likeness (QED) is 0.881. The zero-order valence-corrected chi connectivity index (χ0v) is 12.9. The first-order valence-corrected chi connectivity index (χ1v) is 7.10. The largest absolute Gasteiger partial charge is 0.375 e. The second kappa shape index (κ2) is 6.26. The first-order chi connectivity index (χ1) is 9.93. The van der Waals surface area contributed by atoms with E-state index in [0.29, 0.717) is 18.8 Å². The maximum absolute atomic E-state index is 12.0. The lowest BCUT2D eigenvalue weighted by Gasteiger charge is -2.33. The Kier molecular flexibility index (Phi) is 4.62.